The van der Waals surface area contributed by atoms with Crippen molar-refractivity contribution in [2.75, 3.05) is 25.0 Å². The maximum absolute atomic E-state index is 13.1. The van der Waals surface area contributed by atoms with Gasteiger partial charge in [-0.15, -0.1) is 0 Å². The predicted octanol–water partition coefficient (Wildman–Crippen LogP) is 3.21. The molecule has 0 bridgehead atoms. The fourth-order valence-corrected chi connectivity index (χ4v) is 4.99. The van der Waals surface area contributed by atoms with E-state index in [1.807, 2.05) is 54.6 Å². The van der Waals surface area contributed by atoms with E-state index in [9.17, 15) is 18.0 Å². The fraction of sp³-hybridized carbons (Fsp3) is 0.250. The number of sulfonamides is 1. The van der Waals surface area contributed by atoms with E-state index >= 15 is 0 Å². The highest BCUT2D eigenvalue weighted by Gasteiger charge is 2.23. The number of aromatic nitrogens is 1. The molecule has 0 aliphatic rings. The van der Waals surface area contributed by atoms with Crippen LogP contribution in [-0.2, 0) is 21.4 Å². The number of nitrogens with zero attached hydrogens (tertiary/aromatic N) is 3. The Balaban J connectivity index is 1.91. The number of pyridine rings is 1. The average Bonchev–Trinajstić information content (AvgIpc) is 2.81. The topological polar surface area (TPSA) is 79.7 Å². The van der Waals surface area contributed by atoms with Crippen LogP contribution in [0.5, 0.6) is 0 Å². The summed E-state index contributed by atoms with van der Waals surface area (Å²) >= 11 is 0. The summed E-state index contributed by atoms with van der Waals surface area (Å²) in [6.45, 7) is 3.85. The number of likely N-dealkylation sites (N-methyl/N-ethyl adjacent to an activating group) is 1. The molecule has 3 aromatic rings. The molecule has 0 unspecified atom stereocenters. The van der Waals surface area contributed by atoms with Crippen molar-refractivity contribution in [3.05, 3.63) is 83.3 Å². The third-order valence-corrected chi connectivity index (χ3v) is 7.36. The van der Waals surface area contributed by atoms with Crippen molar-refractivity contribution in [1.82, 2.24) is 8.87 Å². The molecule has 0 aliphatic carbocycles. The van der Waals surface area contributed by atoms with Crippen LogP contribution >= 0.6 is 0 Å². The minimum Gasteiger partial charge on any atom is -0.313 e. The van der Waals surface area contributed by atoms with Crippen molar-refractivity contribution in [2.24, 2.45) is 0 Å². The zero-order chi connectivity index (χ0) is 23.3. The standard InChI is InChI=1S/C24H27N3O4S/c1-4-27(5-2)32(30,31)20-15-16-23(28)26(17-20)18-24(29)25(3)22-14-10-9-13-21(22)19-11-7-6-8-12-19/h6-17H,4-5,18H2,1-3H3. The largest absolute Gasteiger partial charge is 0.313 e. The molecule has 0 spiro atoms. The average molecular weight is 454 g/mol. The van der Waals surface area contributed by atoms with Gasteiger partial charge in [0.2, 0.25) is 15.9 Å². The Morgan fingerprint density at radius 1 is 0.906 bits per heavy atom. The van der Waals surface area contributed by atoms with E-state index in [4.69, 9.17) is 0 Å². The smallest absolute Gasteiger partial charge is 0.251 e. The third-order valence-electron chi connectivity index (χ3n) is 5.33. The molecule has 1 heterocycles. The zero-order valence-corrected chi connectivity index (χ0v) is 19.2. The van der Waals surface area contributed by atoms with Crippen LogP contribution in [0.4, 0.5) is 5.69 Å². The third kappa shape index (κ3) is 4.81. The van der Waals surface area contributed by atoms with Gasteiger partial charge < -0.3 is 9.47 Å². The van der Waals surface area contributed by atoms with Crippen molar-refractivity contribution < 1.29 is 13.2 Å². The maximum atomic E-state index is 13.1. The number of benzene rings is 2. The number of carbonyl (C=O) groups excluding carboxylic acids is 1. The maximum Gasteiger partial charge on any atom is 0.251 e. The molecule has 1 amide bonds. The van der Waals surface area contributed by atoms with Crippen LogP contribution in [0, 0.1) is 0 Å². The summed E-state index contributed by atoms with van der Waals surface area (Å²) in [5, 5.41) is 0. The van der Waals surface area contributed by atoms with Gasteiger partial charge in [0.25, 0.3) is 5.56 Å². The number of anilines is 1. The first-order valence-electron chi connectivity index (χ1n) is 10.4. The SMILES string of the molecule is CCN(CC)S(=O)(=O)c1ccc(=O)n(CC(=O)N(C)c2ccccc2-c2ccccc2)c1. The molecule has 2 aromatic carbocycles. The Kier molecular flexibility index (Phi) is 7.27. The molecular formula is C24H27N3O4S. The van der Waals surface area contributed by atoms with Gasteiger partial charge in [-0.05, 0) is 17.7 Å². The Labute approximate surface area is 188 Å². The van der Waals surface area contributed by atoms with Crippen LogP contribution < -0.4 is 10.5 Å². The summed E-state index contributed by atoms with van der Waals surface area (Å²) in [6.07, 6.45) is 1.24. The number of amides is 1. The van der Waals surface area contributed by atoms with E-state index in [0.29, 0.717) is 18.8 Å². The molecule has 0 saturated carbocycles. The monoisotopic (exact) mass is 453 g/mol. The highest BCUT2D eigenvalue weighted by Crippen LogP contribution is 2.30. The molecule has 168 valence electrons. The van der Waals surface area contributed by atoms with E-state index < -0.39 is 15.6 Å². The molecule has 0 radical (unpaired) electrons. The molecular weight excluding hydrogens is 426 g/mol. The van der Waals surface area contributed by atoms with E-state index in [0.717, 1.165) is 15.7 Å². The van der Waals surface area contributed by atoms with Crippen LogP contribution in [0.2, 0.25) is 0 Å². The second kappa shape index (κ2) is 9.93. The normalized spacial score (nSPS) is 11.5. The van der Waals surface area contributed by atoms with E-state index in [1.165, 1.54) is 27.5 Å². The van der Waals surface area contributed by atoms with Crippen molar-refractivity contribution in [1.29, 1.82) is 0 Å². The first-order chi connectivity index (χ1) is 15.3. The molecule has 32 heavy (non-hydrogen) atoms. The van der Waals surface area contributed by atoms with E-state index in [2.05, 4.69) is 0 Å². The Morgan fingerprint density at radius 2 is 1.53 bits per heavy atom. The van der Waals surface area contributed by atoms with Gasteiger partial charge >= 0.3 is 0 Å². The van der Waals surface area contributed by atoms with Gasteiger partial charge in [0, 0.05) is 38.0 Å². The minimum absolute atomic E-state index is 0.0130. The van der Waals surface area contributed by atoms with Crippen molar-refractivity contribution >= 4 is 21.6 Å². The summed E-state index contributed by atoms with van der Waals surface area (Å²) in [7, 11) is -2.10. The van der Waals surface area contributed by atoms with Crippen LogP contribution in [0.25, 0.3) is 11.1 Å². The summed E-state index contributed by atoms with van der Waals surface area (Å²) < 4.78 is 28.1. The van der Waals surface area contributed by atoms with Gasteiger partial charge in [-0.3, -0.25) is 9.59 Å². The highest BCUT2D eigenvalue weighted by atomic mass is 32.2. The van der Waals surface area contributed by atoms with Gasteiger partial charge in [-0.2, -0.15) is 4.31 Å². The zero-order valence-electron chi connectivity index (χ0n) is 18.4. The molecule has 0 N–H and O–H groups in total. The van der Waals surface area contributed by atoms with Gasteiger partial charge in [-0.25, -0.2) is 8.42 Å². The lowest BCUT2D eigenvalue weighted by atomic mass is 10.0. The van der Waals surface area contributed by atoms with E-state index in [1.54, 1.807) is 20.9 Å². The number of carbonyl (C=O) groups is 1. The first-order valence-corrected chi connectivity index (χ1v) is 11.8. The molecule has 8 heteroatoms. The quantitative estimate of drug-likeness (QED) is 0.525. The van der Waals surface area contributed by atoms with Crippen molar-refractivity contribution in [3.63, 3.8) is 0 Å². The number of hydrogen-bond acceptors (Lipinski definition) is 4. The van der Waals surface area contributed by atoms with Gasteiger partial charge in [0.15, 0.2) is 0 Å². The van der Waals surface area contributed by atoms with Gasteiger partial charge in [0.1, 0.15) is 6.54 Å². The number of rotatable bonds is 8. The van der Waals surface area contributed by atoms with E-state index in [-0.39, 0.29) is 17.3 Å². The first kappa shape index (κ1) is 23.4. The lowest BCUT2D eigenvalue weighted by Crippen LogP contribution is -2.35. The molecule has 0 aliphatic heterocycles. The molecule has 0 saturated heterocycles. The Bertz CT molecular complexity index is 1250. The second-order valence-corrected chi connectivity index (χ2v) is 9.19. The summed E-state index contributed by atoms with van der Waals surface area (Å²) in [4.78, 5) is 26.9. The number of hydrogen-bond donors (Lipinski definition) is 0. The summed E-state index contributed by atoms with van der Waals surface area (Å²) in [5.74, 6) is -0.340. The second-order valence-electron chi connectivity index (χ2n) is 7.26. The molecule has 1 aromatic heterocycles. The fourth-order valence-electron chi connectivity index (χ4n) is 3.51. The molecule has 3 rings (SSSR count). The van der Waals surface area contributed by atoms with Crippen molar-refractivity contribution in [2.45, 2.75) is 25.3 Å². The van der Waals surface area contributed by atoms with Crippen molar-refractivity contribution in [3.8, 4) is 11.1 Å². The molecule has 0 fully saturated rings. The minimum atomic E-state index is -3.74. The molecule has 0 atom stereocenters. The predicted molar refractivity (Wildman–Crippen MR) is 126 cm³/mol. The van der Waals surface area contributed by atoms with Crippen LogP contribution in [0.3, 0.4) is 0 Å². The Morgan fingerprint density at radius 3 is 2.19 bits per heavy atom. The van der Waals surface area contributed by atoms with Crippen LogP contribution in [-0.4, -0.2) is 43.3 Å². The number of para-hydroxylation sites is 1. The van der Waals surface area contributed by atoms with Crippen LogP contribution in [0.1, 0.15) is 13.8 Å². The summed E-state index contributed by atoms with van der Waals surface area (Å²) in [5.41, 5.74) is 2.10. The van der Waals surface area contributed by atoms with Crippen LogP contribution in [0.15, 0.2) is 82.6 Å². The lowest BCUT2D eigenvalue weighted by molar-refractivity contribution is -0.118. The summed E-state index contributed by atoms with van der Waals surface area (Å²) in [6, 6.07) is 19.7. The highest BCUT2D eigenvalue weighted by molar-refractivity contribution is 7.89. The molecule has 7 nitrogen and oxygen atoms in total. The Hall–Kier alpha value is -3.23. The van der Waals surface area contributed by atoms with Gasteiger partial charge in [-0.1, -0.05) is 62.4 Å². The van der Waals surface area contributed by atoms with Gasteiger partial charge in [0.05, 0.1) is 10.6 Å². The lowest BCUT2D eigenvalue weighted by Gasteiger charge is -2.22.